The van der Waals surface area contributed by atoms with Gasteiger partial charge in [0, 0.05) is 5.39 Å². The molecule has 3 aromatic carbocycles. The molecule has 4 aromatic rings. The molecule has 10 heteroatoms. The van der Waals surface area contributed by atoms with Gasteiger partial charge in [0.25, 0.3) is 6.43 Å². The molecule has 1 heterocycles. The minimum atomic E-state index is -5.00. The predicted octanol–water partition coefficient (Wildman–Crippen LogP) is 7.60. The van der Waals surface area contributed by atoms with Gasteiger partial charge in [-0.1, -0.05) is 30.3 Å². The van der Waals surface area contributed by atoms with Crippen LogP contribution < -0.4 is 4.74 Å². The number of hydrogen-bond donors (Lipinski definition) is 1. The van der Waals surface area contributed by atoms with Gasteiger partial charge in [0.05, 0.1) is 21.1 Å². The van der Waals surface area contributed by atoms with Crippen LogP contribution in [0.25, 0.3) is 21.7 Å². The number of rotatable bonds is 4. The van der Waals surface area contributed by atoms with E-state index >= 15 is 0 Å². The van der Waals surface area contributed by atoms with Gasteiger partial charge in [-0.2, -0.15) is 13.2 Å². The molecule has 0 aliphatic carbocycles. The van der Waals surface area contributed by atoms with Crippen LogP contribution in [-0.2, 0) is 6.18 Å². The van der Waals surface area contributed by atoms with Gasteiger partial charge in [-0.3, -0.25) is 0 Å². The average molecular weight is 512 g/mol. The van der Waals surface area contributed by atoms with E-state index in [1.165, 1.54) is 0 Å². The Bertz CT molecular complexity index is 1370. The molecule has 0 aliphatic heterocycles. The van der Waals surface area contributed by atoms with Crippen LogP contribution in [0.4, 0.5) is 22.0 Å². The standard InChI is InChI=1S/C22H11BrF5NO3/c23-18-12-4-2-1-3-10(12)5-6-17(18)32-11-7-13-14(21(30)31)9-16(20(24)25)29-19(13)15(8-11)22(26,27)28/h1-9,20H,(H,30,31). The van der Waals surface area contributed by atoms with Crippen molar-refractivity contribution >= 4 is 43.6 Å². The average Bonchev–Trinajstić information content (AvgIpc) is 2.73. The number of carboxylic acid groups (broad SMARTS) is 1. The number of halogens is 6. The fourth-order valence-electron chi connectivity index (χ4n) is 3.30. The Labute approximate surface area is 185 Å². The molecule has 0 atom stereocenters. The van der Waals surface area contributed by atoms with Crippen LogP contribution in [-0.4, -0.2) is 16.1 Å². The summed E-state index contributed by atoms with van der Waals surface area (Å²) in [6, 6.07) is 12.7. The molecule has 4 rings (SSSR count). The van der Waals surface area contributed by atoms with Gasteiger partial charge < -0.3 is 9.84 Å². The molecule has 0 radical (unpaired) electrons. The normalized spacial score (nSPS) is 12.0. The van der Waals surface area contributed by atoms with E-state index in [0.29, 0.717) is 16.6 Å². The smallest absolute Gasteiger partial charge is 0.418 e. The SMILES string of the molecule is O=C(O)c1cc(C(F)F)nc2c(C(F)(F)F)cc(Oc3ccc4ccccc4c3Br)cc12. The monoisotopic (exact) mass is 511 g/mol. The summed E-state index contributed by atoms with van der Waals surface area (Å²) in [4.78, 5) is 15.0. The third kappa shape index (κ3) is 3.97. The van der Waals surface area contributed by atoms with Crippen LogP contribution in [0, 0.1) is 0 Å². The molecule has 0 saturated heterocycles. The number of carboxylic acids is 1. The van der Waals surface area contributed by atoms with Crippen LogP contribution in [0.1, 0.15) is 28.0 Å². The summed E-state index contributed by atoms with van der Waals surface area (Å²) < 4.78 is 73.7. The van der Waals surface area contributed by atoms with Crippen LogP contribution in [0.3, 0.4) is 0 Å². The van der Waals surface area contributed by atoms with Gasteiger partial charge >= 0.3 is 12.1 Å². The third-order valence-electron chi connectivity index (χ3n) is 4.72. The summed E-state index contributed by atoms with van der Waals surface area (Å²) in [5, 5.41) is 10.6. The second-order valence-corrected chi connectivity index (χ2v) is 7.56. The van der Waals surface area contributed by atoms with Crippen molar-refractivity contribution in [1.82, 2.24) is 4.98 Å². The molecule has 0 unspecified atom stereocenters. The first-order valence-electron chi connectivity index (χ1n) is 8.98. The van der Waals surface area contributed by atoms with Gasteiger partial charge in [-0.05, 0) is 51.0 Å². The highest BCUT2D eigenvalue weighted by atomic mass is 79.9. The number of alkyl halides is 5. The van der Waals surface area contributed by atoms with Gasteiger partial charge in [0.15, 0.2) is 0 Å². The zero-order valence-electron chi connectivity index (χ0n) is 15.8. The number of carbonyl (C=O) groups is 1. The Kier molecular flexibility index (Phi) is 5.49. The second kappa shape index (κ2) is 8.01. The number of ether oxygens (including phenoxy) is 1. The molecule has 0 aliphatic rings. The molecule has 4 nitrogen and oxygen atoms in total. The molecular formula is C22H11BrF5NO3. The number of nitrogens with zero attached hydrogens (tertiary/aromatic N) is 1. The lowest BCUT2D eigenvalue weighted by atomic mass is 10.0. The van der Waals surface area contributed by atoms with Gasteiger partial charge in [-0.25, -0.2) is 18.6 Å². The predicted molar refractivity (Wildman–Crippen MR) is 110 cm³/mol. The van der Waals surface area contributed by atoms with Crippen LogP contribution in [0.5, 0.6) is 11.5 Å². The summed E-state index contributed by atoms with van der Waals surface area (Å²) in [5.41, 5.74) is -4.07. The van der Waals surface area contributed by atoms with Crippen LogP contribution >= 0.6 is 15.9 Å². The number of hydrogen-bond acceptors (Lipinski definition) is 3. The van der Waals surface area contributed by atoms with E-state index in [1.54, 1.807) is 24.3 Å². The molecule has 1 aromatic heterocycles. The molecule has 0 amide bonds. The maximum Gasteiger partial charge on any atom is 0.418 e. The molecule has 0 spiro atoms. The molecule has 1 N–H and O–H groups in total. The lowest BCUT2D eigenvalue weighted by Crippen LogP contribution is -2.10. The van der Waals surface area contributed by atoms with Crippen LogP contribution in [0.2, 0.25) is 0 Å². The van der Waals surface area contributed by atoms with Crippen molar-refractivity contribution in [3.05, 3.63) is 75.9 Å². The molecular weight excluding hydrogens is 501 g/mol. The maximum absolute atomic E-state index is 13.8. The Morgan fingerprint density at radius 1 is 1.03 bits per heavy atom. The molecule has 0 saturated carbocycles. The summed E-state index contributed by atoms with van der Waals surface area (Å²) in [5.74, 6) is -1.81. The number of benzene rings is 3. The lowest BCUT2D eigenvalue weighted by molar-refractivity contribution is -0.136. The summed E-state index contributed by atoms with van der Waals surface area (Å²) >= 11 is 3.37. The van der Waals surface area contributed by atoms with Gasteiger partial charge in [-0.15, -0.1) is 0 Å². The first-order chi connectivity index (χ1) is 15.1. The van der Waals surface area contributed by atoms with E-state index in [0.717, 1.165) is 16.8 Å². The number of aromatic carboxylic acids is 1. The number of fused-ring (bicyclic) bond motifs is 2. The van der Waals surface area contributed by atoms with E-state index in [9.17, 15) is 31.9 Å². The third-order valence-corrected chi connectivity index (χ3v) is 5.54. The number of aromatic nitrogens is 1. The number of pyridine rings is 1. The largest absolute Gasteiger partial charge is 0.478 e. The Morgan fingerprint density at radius 3 is 2.41 bits per heavy atom. The topological polar surface area (TPSA) is 59.4 Å². The van der Waals surface area contributed by atoms with E-state index in [1.807, 2.05) is 12.1 Å². The van der Waals surface area contributed by atoms with Crippen molar-refractivity contribution in [2.75, 3.05) is 0 Å². The fraction of sp³-hybridized carbons (Fsp3) is 0.0909. The summed E-state index contributed by atoms with van der Waals surface area (Å²) in [7, 11) is 0. The van der Waals surface area contributed by atoms with Crippen molar-refractivity contribution in [3.8, 4) is 11.5 Å². The fourth-order valence-corrected chi connectivity index (χ4v) is 3.88. The van der Waals surface area contributed by atoms with E-state index in [2.05, 4.69) is 20.9 Å². The Hall–Kier alpha value is -3.27. The van der Waals surface area contributed by atoms with E-state index in [-0.39, 0.29) is 11.5 Å². The highest BCUT2D eigenvalue weighted by molar-refractivity contribution is 9.10. The zero-order chi connectivity index (χ0) is 23.2. The first-order valence-corrected chi connectivity index (χ1v) is 9.78. The summed E-state index contributed by atoms with van der Waals surface area (Å²) in [6.45, 7) is 0. The zero-order valence-corrected chi connectivity index (χ0v) is 17.3. The van der Waals surface area contributed by atoms with Crippen molar-refractivity contribution in [2.24, 2.45) is 0 Å². The highest BCUT2D eigenvalue weighted by Crippen LogP contribution is 2.41. The van der Waals surface area contributed by atoms with Crippen molar-refractivity contribution in [1.29, 1.82) is 0 Å². The van der Waals surface area contributed by atoms with Gasteiger partial charge in [0.1, 0.15) is 17.2 Å². The van der Waals surface area contributed by atoms with Gasteiger partial charge in [0.2, 0.25) is 0 Å². The molecule has 0 fully saturated rings. The Morgan fingerprint density at radius 2 is 1.75 bits per heavy atom. The Balaban J connectivity index is 1.95. The van der Waals surface area contributed by atoms with Crippen molar-refractivity contribution in [2.45, 2.75) is 12.6 Å². The highest BCUT2D eigenvalue weighted by Gasteiger charge is 2.35. The minimum Gasteiger partial charge on any atom is -0.478 e. The maximum atomic E-state index is 13.8. The van der Waals surface area contributed by atoms with Crippen molar-refractivity contribution in [3.63, 3.8) is 0 Å². The van der Waals surface area contributed by atoms with Crippen LogP contribution in [0.15, 0.2) is 59.1 Å². The first kappa shape index (κ1) is 21.9. The lowest BCUT2D eigenvalue weighted by Gasteiger charge is -2.16. The summed E-state index contributed by atoms with van der Waals surface area (Å²) in [6.07, 6.45) is -8.25. The molecule has 32 heavy (non-hydrogen) atoms. The second-order valence-electron chi connectivity index (χ2n) is 6.77. The minimum absolute atomic E-state index is 0.185. The molecule has 164 valence electrons. The van der Waals surface area contributed by atoms with E-state index < -0.39 is 46.3 Å². The van der Waals surface area contributed by atoms with Crippen molar-refractivity contribution < 1.29 is 36.6 Å². The quantitative estimate of drug-likeness (QED) is 0.286. The van der Waals surface area contributed by atoms with E-state index in [4.69, 9.17) is 4.74 Å². The molecule has 0 bridgehead atoms.